The van der Waals surface area contributed by atoms with Crippen molar-refractivity contribution in [3.8, 4) is 11.5 Å². The Morgan fingerprint density at radius 3 is 2.94 bits per heavy atom. The van der Waals surface area contributed by atoms with E-state index in [0.717, 1.165) is 0 Å². The first-order valence-corrected chi connectivity index (χ1v) is 5.93. The van der Waals surface area contributed by atoms with Crippen LogP contribution in [0.5, 0.6) is 0 Å². The zero-order chi connectivity index (χ0) is 13.1. The van der Waals surface area contributed by atoms with E-state index in [1.165, 1.54) is 18.2 Å². The zero-order valence-corrected chi connectivity index (χ0v) is 10.8. The lowest BCUT2D eigenvalue weighted by atomic mass is 10.2. The summed E-state index contributed by atoms with van der Waals surface area (Å²) in [4.78, 5) is 4.23. The van der Waals surface area contributed by atoms with Gasteiger partial charge in [0.05, 0.1) is 10.6 Å². The third kappa shape index (κ3) is 2.86. The van der Waals surface area contributed by atoms with E-state index in [-0.39, 0.29) is 11.1 Å². The van der Waals surface area contributed by atoms with Crippen LogP contribution in [-0.4, -0.2) is 23.2 Å². The van der Waals surface area contributed by atoms with Gasteiger partial charge in [-0.3, -0.25) is 0 Å². The van der Waals surface area contributed by atoms with Crippen molar-refractivity contribution >= 4 is 11.6 Å². The first-order chi connectivity index (χ1) is 8.60. The van der Waals surface area contributed by atoms with Crippen LogP contribution in [0, 0.1) is 5.82 Å². The molecule has 0 saturated carbocycles. The van der Waals surface area contributed by atoms with Crippen molar-refractivity contribution < 1.29 is 8.91 Å². The SMILES string of the molecule is CNC(C)Cc1noc(-c2ccc(F)cc2Cl)n1. The number of aromatic nitrogens is 2. The highest BCUT2D eigenvalue weighted by molar-refractivity contribution is 6.33. The van der Waals surface area contributed by atoms with E-state index in [2.05, 4.69) is 15.5 Å². The number of rotatable bonds is 4. The van der Waals surface area contributed by atoms with Crippen molar-refractivity contribution in [3.63, 3.8) is 0 Å². The van der Waals surface area contributed by atoms with Gasteiger partial charge in [-0.05, 0) is 32.2 Å². The quantitative estimate of drug-likeness (QED) is 0.927. The molecule has 0 aliphatic carbocycles. The lowest BCUT2D eigenvalue weighted by molar-refractivity contribution is 0.418. The number of halogens is 2. The molecule has 1 aromatic carbocycles. The molecule has 0 saturated heterocycles. The minimum atomic E-state index is -0.396. The van der Waals surface area contributed by atoms with Gasteiger partial charge in [0.2, 0.25) is 0 Å². The number of benzene rings is 1. The van der Waals surface area contributed by atoms with Gasteiger partial charge in [-0.2, -0.15) is 4.98 Å². The van der Waals surface area contributed by atoms with Crippen LogP contribution in [0.4, 0.5) is 4.39 Å². The van der Waals surface area contributed by atoms with Crippen LogP contribution in [-0.2, 0) is 6.42 Å². The first-order valence-electron chi connectivity index (χ1n) is 5.55. The second kappa shape index (κ2) is 5.46. The second-order valence-electron chi connectivity index (χ2n) is 4.03. The molecule has 4 nitrogen and oxygen atoms in total. The average molecular weight is 270 g/mol. The summed E-state index contributed by atoms with van der Waals surface area (Å²) in [7, 11) is 1.86. The number of nitrogens with zero attached hydrogens (tertiary/aromatic N) is 2. The molecule has 1 heterocycles. The maximum Gasteiger partial charge on any atom is 0.259 e. The monoisotopic (exact) mass is 269 g/mol. The minimum absolute atomic E-state index is 0.249. The summed E-state index contributed by atoms with van der Waals surface area (Å²) in [5, 5.41) is 7.21. The molecule has 6 heteroatoms. The molecule has 1 unspecified atom stereocenters. The van der Waals surface area contributed by atoms with Gasteiger partial charge in [0, 0.05) is 12.5 Å². The Kier molecular flexibility index (Phi) is 3.93. The Morgan fingerprint density at radius 1 is 1.50 bits per heavy atom. The molecule has 18 heavy (non-hydrogen) atoms. The van der Waals surface area contributed by atoms with Gasteiger partial charge in [0.1, 0.15) is 5.82 Å². The number of hydrogen-bond acceptors (Lipinski definition) is 4. The molecule has 0 aliphatic rings. The fourth-order valence-electron chi connectivity index (χ4n) is 1.49. The summed E-state index contributed by atoms with van der Waals surface area (Å²) in [6, 6.07) is 4.30. The standard InChI is InChI=1S/C12H13ClFN3O/c1-7(15-2)5-11-16-12(18-17-11)9-4-3-8(14)6-10(9)13/h3-4,6-7,15H,5H2,1-2H3. The number of likely N-dealkylation sites (N-methyl/N-ethyl adjacent to an activating group) is 1. The van der Waals surface area contributed by atoms with Gasteiger partial charge in [-0.15, -0.1) is 0 Å². The summed E-state index contributed by atoms with van der Waals surface area (Å²) in [5.74, 6) is 0.498. The molecule has 0 bridgehead atoms. The Hall–Kier alpha value is -1.46. The third-order valence-electron chi connectivity index (χ3n) is 2.61. The highest BCUT2D eigenvalue weighted by atomic mass is 35.5. The summed E-state index contributed by atoms with van der Waals surface area (Å²) >= 11 is 5.93. The molecule has 2 aromatic rings. The van der Waals surface area contributed by atoms with Crippen molar-refractivity contribution in [3.05, 3.63) is 34.9 Å². The maximum absolute atomic E-state index is 12.9. The molecule has 0 amide bonds. The molecule has 0 aliphatic heterocycles. The van der Waals surface area contributed by atoms with Crippen LogP contribution in [0.2, 0.25) is 5.02 Å². The van der Waals surface area contributed by atoms with Gasteiger partial charge in [-0.1, -0.05) is 16.8 Å². The van der Waals surface area contributed by atoms with E-state index in [1.54, 1.807) is 0 Å². The van der Waals surface area contributed by atoms with E-state index < -0.39 is 5.82 Å². The normalized spacial score (nSPS) is 12.7. The van der Waals surface area contributed by atoms with Crippen LogP contribution >= 0.6 is 11.6 Å². The highest BCUT2D eigenvalue weighted by Gasteiger charge is 2.14. The average Bonchev–Trinajstić information content (AvgIpc) is 2.77. The number of hydrogen-bond donors (Lipinski definition) is 1. The summed E-state index contributed by atoms with van der Waals surface area (Å²) < 4.78 is 18.0. The summed E-state index contributed by atoms with van der Waals surface area (Å²) in [6.07, 6.45) is 0.652. The van der Waals surface area contributed by atoms with Crippen molar-refractivity contribution in [1.82, 2.24) is 15.5 Å². The Labute approximate surface area is 109 Å². The van der Waals surface area contributed by atoms with Gasteiger partial charge in [-0.25, -0.2) is 4.39 Å². The van der Waals surface area contributed by atoms with E-state index >= 15 is 0 Å². The van der Waals surface area contributed by atoms with Crippen LogP contribution in [0.25, 0.3) is 11.5 Å². The Bertz CT molecular complexity index is 544. The van der Waals surface area contributed by atoms with Crippen molar-refractivity contribution in [2.24, 2.45) is 0 Å². The molecule has 96 valence electrons. The summed E-state index contributed by atoms with van der Waals surface area (Å²) in [6.45, 7) is 2.01. The van der Waals surface area contributed by atoms with Gasteiger partial charge < -0.3 is 9.84 Å². The predicted molar refractivity (Wildman–Crippen MR) is 66.9 cm³/mol. The fourth-order valence-corrected chi connectivity index (χ4v) is 1.73. The molecular weight excluding hydrogens is 257 g/mol. The Morgan fingerprint density at radius 2 is 2.28 bits per heavy atom. The zero-order valence-electron chi connectivity index (χ0n) is 10.1. The molecule has 0 fully saturated rings. The smallest absolute Gasteiger partial charge is 0.259 e. The predicted octanol–water partition coefficient (Wildman–Crippen LogP) is 2.68. The molecule has 1 N–H and O–H groups in total. The molecule has 2 rings (SSSR count). The minimum Gasteiger partial charge on any atom is -0.334 e. The lowest BCUT2D eigenvalue weighted by Gasteiger charge is -2.04. The van der Waals surface area contributed by atoms with Gasteiger partial charge >= 0.3 is 0 Å². The first kappa shape index (κ1) is 13.0. The molecule has 1 aromatic heterocycles. The van der Waals surface area contributed by atoms with Gasteiger partial charge in [0.25, 0.3) is 5.89 Å². The fraction of sp³-hybridized carbons (Fsp3) is 0.333. The molecule has 0 spiro atoms. The van der Waals surface area contributed by atoms with E-state index in [1.807, 2.05) is 14.0 Å². The van der Waals surface area contributed by atoms with Crippen molar-refractivity contribution in [1.29, 1.82) is 0 Å². The third-order valence-corrected chi connectivity index (χ3v) is 2.92. The number of nitrogens with one attached hydrogen (secondary N) is 1. The Balaban J connectivity index is 2.24. The largest absolute Gasteiger partial charge is 0.334 e. The highest BCUT2D eigenvalue weighted by Crippen LogP contribution is 2.27. The lowest BCUT2D eigenvalue weighted by Crippen LogP contribution is -2.24. The molecule has 1 atom stereocenters. The van der Waals surface area contributed by atoms with E-state index in [4.69, 9.17) is 16.1 Å². The maximum atomic E-state index is 12.9. The molecular formula is C12H13ClFN3O. The van der Waals surface area contributed by atoms with E-state index in [0.29, 0.717) is 23.7 Å². The van der Waals surface area contributed by atoms with Crippen LogP contribution in [0.1, 0.15) is 12.7 Å². The molecule has 0 radical (unpaired) electrons. The van der Waals surface area contributed by atoms with Crippen LogP contribution in [0.3, 0.4) is 0 Å². The van der Waals surface area contributed by atoms with Crippen LogP contribution in [0.15, 0.2) is 22.7 Å². The van der Waals surface area contributed by atoms with Crippen molar-refractivity contribution in [2.75, 3.05) is 7.05 Å². The van der Waals surface area contributed by atoms with Crippen LogP contribution < -0.4 is 5.32 Å². The topological polar surface area (TPSA) is 51.0 Å². The summed E-state index contributed by atoms with van der Waals surface area (Å²) in [5.41, 5.74) is 0.536. The van der Waals surface area contributed by atoms with Crippen molar-refractivity contribution in [2.45, 2.75) is 19.4 Å². The van der Waals surface area contributed by atoms with E-state index in [9.17, 15) is 4.39 Å². The van der Waals surface area contributed by atoms with Gasteiger partial charge in [0.15, 0.2) is 5.82 Å². The second-order valence-corrected chi connectivity index (χ2v) is 4.44.